The number of rotatable bonds is 6. The third kappa shape index (κ3) is 4.35. The number of methoxy groups -OCH3 is 2. The van der Waals surface area contributed by atoms with Crippen molar-refractivity contribution in [3.63, 3.8) is 0 Å². The van der Waals surface area contributed by atoms with Crippen molar-refractivity contribution < 1.29 is 22.7 Å². The van der Waals surface area contributed by atoms with Crippen LogP contribution in [0, 0.1) is 6.92 Å². The highest BCUT2D eigenvalue weighted by molar-refractivity contribution is 7.90. The lowest BCUT2D eigenvalue weighted by atomic mass is 10.1. The van der Waals surface area contributed by atoms with Crippen LogP contribution in [0.5, 0.6) is 11.5 Å². The van der Waals surface area contributed by atoms with Gasteiger partial charge >= 0.3 is 0 Å². The van der Waals surface area contributed by atoms with Gasteiger partial charge in [0.1, 0.15) is 0 Å². The molecule has 2 rings (SSSR count). The molecule has 0 spiro atoms. The molecule has 0 aliphatic heterocycles. The molecule has 140 valence electrons. The first-order valence-electron chi connectivity index (χ1n) is 7.94. The van der Waals surface area contributed by atoms with E-state index in [2.05, 4.69) is 0 Å². The smallest absolute Gasteiger partial charge is 0.253 e. The number of carbonyl (C=O) groups excluding carboxylic acids is 1. The lowest BCUT2D eigenvalue weighted by Gasteiger charge is -2.20. The fourth-order valence-corrected chi connectivity index (χ4v) is 3.22. The van der Waals surface area contributed by atoms with E-state index in [1.54, 1.807) is 26.2 Å². The van der Waals surface area contributed by atoms with Crippen LogP contribution in [-0.4, -0.2) is 46.7 Å². The van der Waals surface area contributed by atoms with Crippen molar-refractivity contribution in [3.8, 4) is 11.5 Å². The molecule has 7 heteroatoms. The highest BCUT2D eigenvalue weighted by atomic mass is 32.2. The Balaban J connectivity index is 2.22. The molecule has 0 saturated carbocycles. The topological polar surface area (TPSA) is 72.9 Å². The van der Waals surface area contributed by atoms with E-state index in [-0.39, 0.29) is 10.8 Å². The second kappa shape index (κ2) is 7.78. The molecule has 2 aromatic carbocycles. The molecule has 26 heavy (non-hydrogen) atoms. The van der Waals surface area contributed by atoms with Crippen molar-refractivity contribution in [2.75, 3.05) is 27.5 Å². The van der Waals surface area contributed by atoms with Crippen LogP contribution in [0.15, 0.2) is 41.3 Å². The van der Waals surface area contributed by atoms with Gasteiger partial charge < -0.3 is 14.4 Å². The molecule has 1 amide bonds. The van der Waals surface area contributed by atoms with Gasteiger partial charge in [0.05, 0.1) is 19.1 Å². The van der Waals surface area contributed by atoms with Crippen LogP contribution in [0.1, 0.15) is 21.5 Å². The third-order valence-electron chi connectivity index (χ3n) is 4.13. The Kier molecular flexibility index (Phi) is 5.92. The summed E-state index contributed by atoms with van der Waals surface area (Å²) < 4.78 is 33.6. The SMILES string of the molecule is COc1cc(C)c(CN(C)C(=O)c2ccc(S(C)(=O)=O)cc2)cc1OC. The number of aryl methyl sites for hydroxylation is 1. The zero-order chi connectivity index (χ0) is 19.5. The van der Waals surface area contributed by atoms with Crippen molar-refractivity contribution in [1.82, 2.24) is 4.90 Å². The van der Waals surface area contributed by atoms with Crippen molar-refractivity contribution in [2.45, 2.75) is 18.4 Å². The first kappa shape index (κ1) is 19.8. The van der Waals surface area contributed by atoms with E-state index in [1.807, 2.05) is 19.1 Å². The van der Waals surface area contributed by atoms with Gasteiger partial charge in [0.15, 0.2) is 21.3 Å². The van der Waals surface area contributed by atoms with Gasteiger partial charge in [0.25, 0.3) is 5.91 Å². The van der Waals surface area contributed by atoms with Crippen LogP contribution in [0.25, 0.3) is 0 Å². The lowest BCUT2D eigenvalue weighted by Crippen LogP contribution is -2.26. The van der Waals surface area contributed by atoms with E-state index in [0.29, 0.717) is 23.6 Å². The maximum atomic E-state index is 12.6. The summed E-state index contributed by atoms with van der Waals surface area (Å²) in [5.74, 6) is 1.05. The third-order valence-corrected chi connectivity index (χ3v) is 5.25. The molecule has 0 saturated heterocycles. The van der Waals surface area contributed by atoms with Gasteiger partial charge in [-0.15, -0.1) is 0 Å². The lowest BCUT2D eigenvalue weighted by molar-refractivity contribution is 0.0784. The Labute approximate surface area is 154 Å². The number of sulfone groups is 1. The van der Waals surface area contributed by atoms with E-state index in [1.165, 1.54) is 24.3 Å². The first-order chi connectivity index (χ1) is 12.2. The number of amides is 1. The quantitative estimate of drug-likeness (QED) is 0.774. The number of hydrogen-bond acceptors (Lipinski definition) is 5. The molecular weight excluding hydrogens is 354 g/mol. The Bertz CT molecular complexity index is 904. The number of hydrogen-bond donors (Lipinski definition) is 0. The zero-order valence-electron chi connectivity index (χ0n) is 15.6. The summed E-state index contributed by atoms with van der Waals surface area (Å²) in [6, 6.07) is 9.65. The van der Waals surface area contributed by atoms with E-state index in [9.17, 15) is 13.2 Å². The predicted molar refractivity (Wildman–Crippen MR) is 99.6 cm³/mol. The molecule has 0 aliphatic rings. The summed E-state index contributed by atoms with van der Waals surface area (Å²) in [5.41, 5.74) is 2.35. The average molecular weight is 377 g/mol. The van der Waals surface area contributed by atoms with Crippen LogP contribution >= 0.6 is 0 Å². The molecule has 0 atom stereocenters. The van der Waals surface area contributed by atoms with Gasteiger partial charge in [-0.1, -0.05) is 0 Å². The second-order valence-electron chi connectivity index (χ2n) is 6.09. The minimum atomic E-state index is -3.28. The van der Waals surface area contributed by atoms with Crippen LogP contribution < -0.4 is 9.47 Å². The molecule has 0 aliphatic carbocycles. The molecule has 0 heterocycles. The van der Waals surface area contributed by atoms with Gasteiger partial charge in [-0.25, -0.2) is 8.42 Å². The summed E-state index contributed by atoms with van der Waals surface area (Å²) in [4.78, 5) is 14.4. The van der Waals surface area contributed by atoms with Gasteiger partial charge in [0.2, 0.25) is 0 Å². The summed E-state index contributed by atoms with van der Waals surface area (Å²) in [5, 5.41) is 0. The van der Waals surface area contributed by atoms with Crippen LogP contribution in [0.3, 0.4) is 0 Å². The van der Waals surface area contributed by atoms with Crippen molar-refractivity contribution in [2.24, 2.45) is 0 Å². The number of nitrogens with zero attached hydrogens (tertiary/aromatic N) is 1. The van der Waals surface area contributed by atoms with E-state index in [4.69, 9.17) is 9.47 Å². The fourth-order valence-electron chi connectivity index (χ4n) is 2.59. The Morgan fingerprint density at radius 2 is 1.58 bits per heavy atom. The minimum Gasteiger partial charge on any atom is -0.493 e. The van der Waals surface area contributed by atoms with E-state index < -0.39 is 9.84 Å². The second-order valence-corrected chi connectivity index (χ2v) is 8.11. The molecule has 0 bridgehead atoms. The van der Waals surface area contributed by atoms with Gasteiger partial charge in [-0.3, -0.25) is 4.79 Å². The monoisotopic (exact) mass is 377 g/mol. The van der Waals surface area contributed by atoms with Crippen LogP contribution in [-0.2, 0) is 16.4 Å². The Morgan fingerprint density at radius 3 is 2.08 bits per heavy atom. The maximum absolute atomic E-state index is 12.6. The summed E-state index contributed by atoms with van der Waals surface area (Å²) in [7, 11) is 1.55. The molecule has 0 aromatic heterocycles. The van der Waals surface area contributed by atoms with Gasteiger partial charge in [0, 0.05) is 25.4 Å². The Morgan fingerprint density at radius 1 is 1.04 bits per heavy atom. The fraction of sp³-hybridized carbons (Fsp3) is 0.316. The van der Waals surface area contributed by atoms with Crippen LogP contribution in [0.2, 0.25) is 0 Å². The number of carbonyl (C=O) groups is 1. The summed E-state index contributed by atoms with van der Waals surface area (Å²) >= 11 is 0. The number of ether oxygens (including phenoxy) is 2. The average Bonchev–Trinajstić information content (AvgIpc) is 2.61. The molecular formula is C19H23NO5S. The molecule has 0 N–H and O–H groups in total. The molecule has 0 unspecified atom stereocenters. The normalized spacial score (nSPS) is 11.1. The summed E-state index contributed by atoms with van der Waals surface area (Å²) in [6.45, 7) is 2.33. The predicted octanol–water partition coefficient (Wildman–Crippen LogP) is 2.69. The summed E-state index contributed by atoms with van der Waals surface area (Å²) in [6.07, 6.45) is 1.13. The highest BCUT2D eigenvalue weighted by Gasteiger charge is 2.16. The van der Waals surface area contributed by atoms with E-state index >= 15 is 0 Å². The first-order valence-corrected chi connectivity index (χ1v) is 9.83. The van der Waals surface area contributed by atoms with Gasteiger partial charge in [-0.05, 0) is 54.4 Å². The molecule has 6 nitrogen and oxygen atoms in total. The molecule has 2 aromatic rings. The standard InChI is InChI=1S/C19H23NO5S/c1-13-10-17(24-3)18(25-4)11-15(13)12-20(2)19(21)14-6-8-16(9-7-14)26(5,22)23/h6-11H,12H2,1-5H3. The van der Waals surface area contributed by atoms with Crippen LogP contribution in [0.4, 0.5) is 0 Å². The maximum Gasteiger partial charge on any atom is 0.253 e. The van der Waals surface area contributed by atoms with Crippen molar-refractivity contribution in [1.29, 1.82) is 0 Å². The van der Waals surface area contributed by atoms with E-state index in [0.717, 1.165) is 17.4 Å². The largest absolute Gasteiger partial charge is 0.493 e. The zero-order valence-corrected chi connectivity index (χ0v) is 16.4. The minimum absolute atomic E-state index is 0.187. The van der Waals surface area contributed by atoms with Crippen molar-refractivity contribution >= 4 is 15.7 Å². The highest BCUT2D eigenvalue weighted by Crippen LogP contribution is 2.30. The number of benzene rings is 2. The van der Waals surface area contributed by atoms with Crippen molar-refractivity contribution in [3.05, 3.63) is 53.1 Å². The van der Waals surface area contributed by atoms with Gasteiger partial charge in [-0.2, -0.15) is 0 Å². The Hall–Kier alpha value is -2.54. The molecule has 0 fully saturated rings. The molecule has 0 radical (unpaired) electrons.